The molecule has 5 heteroatoms. The highest BCUT2D eigenvalue weighted by Crippen LogP contribution is 2.23. The highest BCUT2D eigenvalue weighted by molar-refractivity contribution is 5.72. The number of anilines is 1. The van der Waals surface area contributed by atoms with Crippen molar-refractivity contribution >= 4 is 11.3 Å². The number of hydrogen-bond acceptors (Lipinski definition) is 3. The van der Waals surface area contributed by atoms with Crippen LogP contribution in [0.2, 0.25) is 0 Å². The van der Waals surface area contributed by atoms with Crippen LogP contribution in [0.25, 0.3) is 16.9 Å². The predicted molar refractivity (Wildman–Crippen MR) is 89.3 cm³/mol. The summed E-state index contributed by atoms with van der Waals surface area (Å²) in [5.74, 6) is 0. The van der Waals surface area contributed by atoms with Crippen LogP contribution in [-0.2, 0) is 6.42 Å². The Hall–Kier alpha value is -2.82. The standard InChI is InChI=1S/C17H18N4O/c1-3-4-10-13-15(12-8-6-5-7-9-12)20-16-14(18-2)11-19-21(16)17(13)22/h3-9,11,18-19H,10H2,1-2H3. The van der Waals surface area contributed by atoms with E-state index in [0.717, 1.165) is 16.9 Å². The third-order valence-corrected chi connectivity index (χ3v) is 3.63. The van der Waals surface area contributed by atoms with Gasteiger partial charge < -0.3 is 5.32 Å². The first-order valence-corrected chi connectivity index (χ1v) is 7.23. The smallest absolute Gasteiger partial charge is 0.276 e. The van der Waals surface area contributed by atoms with E-state index >= 15 is 0 Å². The molecule has 2 aromatic heterocycles. The maximum absolute atomic E-state index is 12.8. The summed E-state index contributed by atoms with van der Waals surface area (Å²) in [6, 6.07) is 9.81. The number of allylic oxidation sites excluding steroid dienone is 2. The molecule has 0 fully saturated rings. The van der Waals surface area contributed by atoms with Gasteiger partial charge in [0.05, 0.1) is 11.4 Å². The van der Waals surface area contributed by atoms with Crippen molar-refractivity contribution in [3.05, 3.63) is 64.6 Å². The minimum Gasteiger partial charge on any atom is -0.384 e. The van der Waals surface area contributed by atoms with E-state index in [1.807, 2.05) is 56.5 Å². The summed E-state index contributed by atoms with van der Waals surface area (Å²) < 4.78 is 1.48. The number of aromatic amines is 1. The van der Waals surface area contributed by atoms with Crippen molar-refractivity contribution in [3.8, 4) is 11.3 Å². The molecule has 0 saturated carbocycles. The van der Waals surface area contributed by atoms with Gasteiger partial charge in [-0.3, -0.25) is 9.89 Å². The number of fused-ring (bicyclic) bond motifs is 1. The lowest BCUT2D eigenvalue weighted by Gasteiger charge is -2.08. The lowest BCUT2D eigenvalue weighted by Crippen LogP contribution is -2.21. The van der Waals surface area contributed by atoms with Crippen LogP contribution in [0.3, 0.4) is 0 Å². The zero-order valence-corrected chi connectivity index (χ0v) is 12.6. The summed E-state index contributed by atoms with van der Waals surface area (Å²) in [4.78, 5) is 17.5. The molecule has 0 spiro atoms. The van der Waals surface area contributed by atoms with Crippen LogP contribution in [0.1, 0.15) is 12.5 Å². The summed E-state index contributed by atoms with van der Waals surface area (Å²) in [5.41, 5.74) is 3.71. The molecule has 0 bridgehead atoms. The summed E-state index contributed by atoms with van der Waals surface area (Å²) >= 11 is 0. The fraction of sp³-hybridized carbons (Fsp3) is 0.176. The van der Waals surface area contributed by atoms with Gasteiger partial charge in [0, 0.05) is 24.4 Å². The van der Waals surface area contributed by atoms with Crippen molar-refractivity contribution in [2.45, 2.75) is 13.3 Å². The van der Waals surface area contributed by atoms with Gasteiger partial charge in [-0.2, -0.15) is 4.52 Å². The fourth-order valence-corrected chi connectivity index (χ4v) is 2.49. The molecule has 1 aromatic carbocycles. The molecule has 0 radical (unpaired) electrons. The maximum Gasteiger partial charge on any atom is 0.276 e. The Balaban J connectivity index is 2.33. The van der Waals surface area contributed by atoms with Crippen molar-refractivity contribution in [2.24, 2.45) is 0 Å². The van der Waals surface area contributed by atoms with Gasteiger partial charge in [-0.25, -0.2) is 4.98 Å². The molecule has 0 atom stereocenters. The number of nitrogens with zero attached hydrogens (tertiary/aromatic N) is 2. The molecule has 0 aliphatic rings. The van der Waals surface area contributed by atoms with Gasteiger partial charge in [0.15, 0.2) is 5.65 Å². The van der Waals surface area contributed by atoms with Gasteiger partial charge >= 0.3 is 0 Å². The van der Waals surface area contributed by atoms with Gasteiger partial charge in [-0.05, 0) is 13.3 Å². The Bertz CT molecular complexity index is 875. The summed E-state index contributed by atoms with van der Waals surface area (Å²) in [6.07, 6.45) is 6.22. The first-order chi connectivity index (χ1) is 10.8. The van der Waals surface area contributed by atoms with Crippen LogP contribution in [0.15, 0.2) is 53.5 Å². The maximum atomic E-state index is 12.8. The third kappa shape index (κ3) is 2.30. The number of nitrogens with one attached hydrogen (secondary N) is 2. The molecule has 0 saturated heterocycles. The number of aromatic nitrogens is 3. The van der Waals surface area contributed by atoms with Crippen LogP contribution in [0.5, 0.6) is 0 Å². The number of rotatable bonds is 4. The SMILES string of the molecule is CC=CCc1c(-c2ccccc2)nc2c(NC)c[nH]n2c1=O. The quantitative estimate of drug-likeness (QED) is 0.727. The van der Waals surface area contributed by atoms with Crippen LogP contribution in [0, 0.1) is 0 Å². The van der Waals surface area contributed by atoms with Crippen molar-refractivity contribution in [3.63, 3.8) is 0 Å². The second kappa shape index (κ2) is 5.89. The average Bonchev–Trinajstić information content (AvgIpc) is 2.98. The molecule has 0 amide bonds. The number of benzene rings is 1. The lowest BCUT2D eigenvalue weighted by atomic mass is 10.0. The fourth-order valence-electron chi connectivity index (χ4n) is 2.49. The van der Waals surface area contributed by atoms with Gasteiger partial charge in [0.2, 0.25) is 0 Å². The molecule has 0 aliphatic heterocycles. The Labute approximate surface area is 128 Å². The Morgan fingerprint density at radius 1 is 1.32 bits per heavy atom. The van der Waals surface area contributed by atoms with E-state index in [1.165, 1.54) is 4.52 Å². The Morgan fingerprint density at radius 3 is 2.77 bits per heavy atom. The summed E-state index contributed by atoms with van der Waals surface area (Å²) in [6.45, 7) is 1.94. The zero-order chi connectivity index (χ0) is 15.5. The molecule has 22 heavy (non-hydrogen) atoms. The second-order valence-corrected chi connectivity index (χ2v) is 4.98. The number of hydrogen-bond donors (Lipinski definition) is 2. The van der Waals surface area contributed by atoms with Crippen molar-refractivity contribution in [1.29, 1.82) is 0 Å². The van der Waals surface area contributed by atoms with Crippen molar-refractivity contribution in [1.82, 2.24) is 14.6 Å². The topological polar surface area (TPSA) is 62.2 Å². The first kappa shape index (κ1) is 14.1. The van der Waals surface area contributed by atoms with E-state index in [0.29, 0.717) is 17.6 Å². The molecule has 5 nitrogen and oxygen atoms in total. The molecule has 2 heterocycles. The number of H-pyrrole nitrogens is 1. The average molecular weight is 294 g/mol. The first-order valence-electron chi connectivity index (χ1n) is 7.23. The zero-order valence-electron chi connectivity index (χ0n) is 12.6. The Kier molecular flexibility index (Phi) is 3.78. The molecule has 0 unspecified atom stereocenters. The van der Waals surface area contributed by atoms with E-state index < -0.39 is 0 Å². The molecule has 112 valence electrons. The van der Waals surface area contributed by atoms with E-state index in [9.17, 15) is 4.79 Å². The monoisotopic (exact) mass is 294 g/mol. The highest BCUT2D eigenvalue weighted by Gasteiger charge is 2.16. The predicted octanol–water partition coefficient (Wildman–Crippen LogP) is 2.85. The minimum atomic E-state index is -0.0662. The molecule has 3 aromatic rings. The van der Waals surface area contributed by atoms with E-state index in [2.05, 4.69) is 10.4 Å². The summed E-state index contributed by atoms with van der Waals surface area (Å²) in [7, 11) is 1.81. The normalized spacial score (nSPS) is 11.4. The molecule has 3 rings (SSSR count). The molecular formula is C17H18N4O. The Morgan fingerprint density at radius 2 is 2.09 bits per heavy atom. The second-order valence-electron chi connectivity index (χ2n) is 4.98. The van der Waals surface area contributed by atoms with Crippen LogP contribution < -0.4 is 10.9 Å². The van der Waals surface area contributed by atoms with Crippen molar-refractivity contribution < 1.29 is 0 Å². The minimum absolute atomic E-state index is 0.0662. The van der Waals surface area contributed by atoms with E-state index in [1.54, 1.807) is 6.20 Å². The third-order valence-electron chi connectivity index (χ3n) is 3.63. The molecule has 2 N–H and O–H groups in total. The summed E-state index contributed by atoms with van der Waals surface area (Å²) in [5, 5.41) is 6.01. The molecular weight excluding hydrogens is 276 g/mol. The van der Waals surface area contributed by atoms with Gasteiger partial charge in [0.25, 0.3) is 5.56 Å². The largest absolute Gasteiger partial charge is 0.384 e. The van der Waals surface area contributed by atoms with E-state index in [-0.39, 0.29) is 5.56 Å². The highest BCUT2D eigenvalue weighted by atomic mass is 16.1. The van der Waals surface area contributed by atoms with Gasteiger partial charge in [-0.15, -0.1) is 0 Å². The lowest BCUT2D eigenvalue weighted by molar-refractivity contribution is 0.879. The van der Waals surface area contributed by atoms with Gasteiger partial charge in [-0.1, -0.05) is 42.5 Å². The molecule has 0 aliphatic carbocycles. The van der Waals surface area contributed by atoms with E-state index in [4.69, 9.17) is 4.98 Å². The van der Waals surface area contributed by atoms with Crippen LogP contribution in [0.4, 0.5) is 5.69 Å². The van der Waals surface area contributed by atoms with Crippen molar-refractivity contribution in [2.75, 3.05) is 12.4 Å². The van der Waals surface area contributed by atoms with Crippen LogP contribution >= 0.6 is 0 Å². The van der Waals surface area contributed by atoms with Gasteiger partial charge in [0.1, 0.15) is 0 Å². The van der Waals surface area contributed by atoms with Crippen LogP contribution in [-0.4, -0.2) is 21.6 Å².